The Morgan fingerprint density at radius 1 is 1.27 bits per heavy atom. The lowest BCUT2D eigenvalue weighted by atomic mass is 9.99. The van der Waals surface area contributed by atoms with Gasteiger partial charge in [0.25, 0.3) is 0 Å². The van der Waals surface area contributed by atoms with Gasteiger partial charge in [0.15, 0.2) is 0 Å². The molecule has 0 atom stereocenters. The Morgan fingerprint density at radius 2 is 2.03 bits per heavy atom. The first kappa shape index (κ1) is 20.0. The van der Waals surface area contributed by atoms with Crippen molar-refractivity contribution in [3.63, 3.8) is 0 Å². The third-order valence-electron chi connectivity index (χ3n) is 5.25. The average molecular weight is 411 g/mol. The number of carbonyl (C=O) groups excluding carboxylic acids is 1. The number of amides is 1. The molecule has 1 fully saturated rings. The van der Waals surface area contributed by atoms with Crippen LogP contribution in [0.1, 0.15) is 38.2 Å². The van der Waals surface area contributed by atoms with Gasteiger partial charge in [-0.2, -0.15) is 10.1 Å². The lowest BCUT2D eigenvalue weighted by molar-refractivity contribution is -0.134. The summed E-state index contributed by atoms with van der Waals surface area (Å²) in [5.74, 6) is 0.168. The number of nitrogens with zero attached hydrogens (tertiary/aromatic N) is 7. The lowest BCUT2D eigenvalue weighted by Crippen LogP contribution is -2.41. The molecule has 4 rings (SSSR count). The maximum absolute atomic E-state index is 12.6. The van der Waals surface area contributed by atoms with Gasteiger partial charge in [-0.05, 0) is 18.8 Å². The van der Waals surface area contributed by atoms with Gasteiger partial charge in [0, 0.05) is 42.8 Å². The maximum atomic E-state index is 12.6. The number of likely N-dealkylation sites (tertiary alicyclic amines) is 1. The van der Waals surface area contributed by atoms with Crippen molar-refractivity contribution in [3.8, 4) is 23.1 Å². The van der Waals surface area contributed by atoms with Crippen molar-refractivity contribution in [2.24, 2.45) is 0 Å². The Bertz CT molecular complexity index is 1020. The zero-order valence-electron chi connectivity index (χ0n) is 17.0. The molecule has 10 nitrogen and oxygen atoms in total. The summed E-state index contributed by atoms with van der Waals surface area (Å²) in [5.41, 5.74) is 1.88. The van der Waals surface area contributed by atoms with E-state index in [1.807, 2.05) is 13.8 Å². The van der Waals surface area contributed by atoms with E-state index in [2.05, 4.69) is 20.1 Å². The summed E-state index contributed by atoms with van der Waals surface area (Å²) in [6.07, 6.45) is 9.14. The summed E-state index contributed by atoms with van der Waals surface area (Å²) in [4.78, 5) is 27.2. The quantitative estimate of drug-likeness (QED) is 0.649. The zero-order chi connectivity index (χ0) is 21.3. The van der Waals surface area contributed by atoms with Gasteiger partial charge in [-0.1, -0.05) is 13.8 Å². The molecule has 1 aliphatic rings. The molecule has 30 heavy (non-hydrogen) atoms. The standard InChI is InChI=1S/C20H25N7O3/c1-13(2)17-18(23-20(24-19(17)30)26-8-5-21-12-26)14-9-22-27(10-14)11-16(29)25-6-3-15(28)4-7-25/h5,8-10,12-13,15,28H,3-4,6-7,11H2,1-2H3,(H,23,24,30). The topological polar surface area (TPSA) is 122 Å². The van der Waals surface area contributed by atoms with Gasteiger partial charge < -0.3 is 15.1 Å². The van der Waals surface area contributed by atoms with Crippen LogP contribution in [0.4, 0.5) is 0 Å². The summed E-state index contributed by atoms with van der Waals surface area (Å²) >= 11 is 0. The zero-order valence-corrected chi connectivity index (χ0v) is 17.0. The van der Waals surface area contributed by atoms with E-state index in [0.29, 0.717) is 48.7 Å². The molecule has 3 aromatic rings. The SMILES string of the molecule is CC(C)c1c(O)nc(-n2ccnc2)nc1-c1cnn(CC(=O)N2CCC(O)CC2)c1. The number of carbonyl (C=O) groups is 1. The Balaban J connectivity index is 1.61. The fourth-order valence-electron chi connectivity index (χ4n) is 3.62. The molecule has 0 radical (unpaired) electrons. The second kappa shape index (κ2) is 8.23. The highest BCUT2D eigenvalue weighted by molar-refractivity contribution is 5.76. The highest BCUT2D eigenvalue weighted by Gasteiger charge is 2.23. The molecule has 0 aliphatic carbocycles. The Morgan fingerprint density at radius 3 is 2.70 bits per heavy atom. The number of rotatable bonds is 5. The number of aliphatic hydroxyl groups is 1. The number of aromatic hydroxyl groups is 1. The third kappa shape index (κ3) is 4.04. The fourth-order valence-corrected chi connectivity index (χ4v) is 3.62. The van der Waals surface area contributed by atoms with Crippen molar-refractivity contribution in [3.05, 3.63) is 36.7 Å². The van der Waals surface area contributed by atoms with Gasteiger partial charge in [0.1, 0.15) is 12.9 Å². The number of piperidine rings is 1. The minimum atomic E-state index is -0.324. The van der Waals surface area contributed by atoms with Crippen molar-refractivity contribution in [1.82, 2.24) is 34.2 Å². The van der Waals surface area contributed by atoms with Crippen LogP contribution in [0.3, 0.4) is 0 Å². The monoisotopic (exact) mass is 411 g/mol. The lowest BCUT2D eigenvalue weighted by Gasteiger charge is -2.29. The van der Waals surface area contributed by atoms with Crippen LogP contribution >= 0.6 is 0 Å². The first-order valence-corrected chi connectivity index (χ1v) is 10.00. The molecular weight excluding hydrogens is 386 g/mol. The molecule has 1 amide bonds. The minimum absolute atomic E-state index is 0.0124. The Labute approximate surface area is 173 Å². The molecule has 1 saturated heterocycles. The molecule has 158 valence electrons. The largest absolute Gasteiger partial charge is 0.493 e. The van der Waals surface area contributed by atoms with E-state index < -0.39 is 0 Å². The Hall–Kier alpha value is -3.27. The molecule has 0 aromatic carbocycles. The van der Waals surface area contributed by atoms with Gasteiger partial charge in [-0.15, -0.1) is 0 Å². The highest BCUT2D eigenvalue weighted by atomic mass is 16.3. The van der Waals surface area contributed by atoms with E-state index in [4.69, 9.17) is 0 Å². The third-order valence-corrected chi connectivity index (χ3v) is 5.25. The molecule has 3 aromatic heterocycles. The van der Waals surface area contributed by atoms with E-state index in [1.165, 1.54) is 0 Å². The Kier molecular flexibility index (Phi) is 5.49. The molecule has 0 spiro atoms. The predicted molar refractivity (Wildman–Crippen MR) is 108 cm³/mol. The summed E-state index contributed by atoms with van der Waals surface area (Å²) in [7, 11) is 0. The number of hydrogen-bond acceptors (Lipinski definition) is 7. The smallest absolute Gasteiger partial charge is 0.244 e. The van der Waals surface area contributed by atoms with Gasteiger partial charge in [-0.25, -0.2) is 9.97 Å². The van der Waals surface area contributed by atoms with Crippen molar-refractivity contribution in [2.75, 3.05) is 13.1 Å². The predicted octanol–water partition coefficient (Wildman–Crippen LogP) is 1.34. The second-order valence-electron chi connectivity index (χ2n) is 7.77. The van der Waals surface area contributed by atoms with E-state index in [1.54, 1.807) is 45.3 Å². The molecule has 0 saturated carbocycles. The number of hydrogen-bond donors (Lipinski definition) is 2. The van der Waals surface area contributed by atoms with Crippen LogP contribution < -0.4 is 0 Å². The first-order chi connectivity index (χ1) is 14.4. The van der Waals surface area contributed by atoms with E-state index >= 15 is 0 Å². The molecule has 0 unspecified atom stereocenters. The molecule has 2 N–H and O–H groups in total. The van der Waals surface area contributed by atoms with Crippen LogP contribution in [0.5, 0.6) is 5.88 Å². The summed E-state index contributed by atoms with van der Waals surface area (Å²) in [5, 5.41) is 24.5. The van der Waals surface area contributed by atoms with Crippen LogP contribution in [0, 0.1) is 0 Å². The van der Waals surface area contributed by atoms with Gasteiger partial charge in [-0.3, -0.25) is 14.0 Å². The van der Waals surface area contributed by atoms with Crippen molar-refractivity contribution < 1.29 is 15.0 Å². The molecular formula is C20H25N7O3. The van der Waals surface area contributed by atoms with E-state index in [9.17, 15) is 15.0 Å². The van der Waals surface area contributed by atoms with Crippen LogP contribution in [-0.4, -0.2) is 69.5 Å². The van der Waals surface area contributed by atoms with Crippen LogP contribution in [0.15, 0.2) is 31.1 Å². The van der Waals surface area contributed by atoms with Crippen LogP contribution in [-0.2, 0) is 11.3 Å². The van der Waals surface area contributed by atoms with Crippen LogP contribution in [0.25, 0.3) is 17.2 Å². The summed E-state index contributed by atoms with van der Waals surface area (Å²) < 4.78 is 3.19. The number of imidazole rings is 1. The van der Waals surface area contributed by atoms with E-state index in [-0.39, 0.29) is 30.4 Å². The molecule has 10 heteroatoms. The van der Waals surface area contributed by atoms with Crippen molar-refractivity contribution in [2.45, 2.75) is 45.3 Å². The number of aromatic nitrogens is 6. The normalized spacial score (nSPS) is 15.1. The second-order valence-corrected chi connectivity index (χ2v) is 7.77. The first-order valence-electron chi connectivity index (χ1n) is 10.00. The minimum Gasteiger partial charge on any atom is -0.493 e. The molecule has 4 heterocycles. The van der Waals surface area contributed by atoms with E-state index in [0.717, 1.165) is 0 Å². The van der Waals surface area contributed by atoms with Gasteiger partial charge >= 0.3 is 0 Å². The number of aliphatic hydroxyl groups excluding tert-OH is 1. The maximum Gasteiger partial charge on any atom is 0.244 e. The fraction of sp³-hybridized carbons (Fsp3) is 0.450. The molecule has 0 bridgehead atoms. The summed E-state index contributed by atoms with van der Waals surface area (Å²) in [6, 6.07) is 0. The van der Waals surface area contributed by atoms with Crippen molar-refractivity contribution in [1.29, 1.82) is 0 Å². The van der Waals surface area contributed by atoms with Gasteiger partial charge in [0.05, 0.1) is 18.0 Å². The molecule has 1 aliphatic heterocycles. The van der Waals surface area contributed by atoms with Crippen LogP contribution in [0.2, 0.25) is 0 Å². The highest BCUT2D eigenvalue weighted by Crippen LogP contribution is 2.33. The van der Waals surface area contributed by atoms with Crippen molar-refractivity contribution >= 4 is 5.91 Å². The average Bonchev–Trinajstić information content (AvgIpc) is 3.40. The van der Waals surface area contributed by atoms with Gasteiger partial charge in [0.2, 0.25) is 17.7 Å². The summed E-state index contributed by atoms with van der Waals surface area (Å²) in [6.45, 7) is 5.13.